The highest BCUT2D eigenvalue weighted by Gasteiger charge is 2.37. The first-order chi connectivity index (χ1) is 16.8. The summed E-state index contributed by atoms with van der Waals surface area (Å²) < 4.78 is 11.0. The topological polar surface area (TPSA) is 114 Å². The molecule has 2 amide bonds. The lowest BCUT2D eigenvalue weighted by Gasteiger charge is -2.22. The SMILES string of the molecule is CC(C)CCC(NC(=O)C1COCC1NC(=O)OCC1c2ccccc2-c2ccccc21)C(=O)O. The fourth-order valence-electron chi connectivity index (χ4n) is 4.78. The van der Waals surface area contributed by atoms with E-state index in [0.29, 0.717) is 18.8 Å². The van der Waals surface area contributed by atoms with Crippen LogP contribution < -0.4 is 10.6 Å². The lowest BCUT2D eigenvalue weighted by molar-refractivity contribution is -0.142. The maximum absolute atomic E-state index is 12.8. The van der Waals surface area contributed by atoms with Crippen molar-refractivity contribution < 1.29 is 29.0 Å². The van der Waals surface area contributed by atoms with Gasteiger partial charge in [0.25, 0.3) is 0 Å². The fraction of sp³-hybridized carbons (Fsp3) is 0.444. The summed E-state index contributed by atoms with van der Waals surface area (Å²) in [7, 11) is 0. The fourth-order valence-corrected chi connectivity index (χ4v) is 4.78. The zero-order valence-electron chi connectivity index (χ0n) is 20.0. The summed E-state index contributed by atoms with van der Waals surface area (Å²) in [4.78, 5) is 37.0. The number of carboxylic acid groups (broad SMARTS) is 1. The average molecular weight is 481 g/mol. The first kappa shape index (κ1) is 24.7. The van der Waals surface area contributed by atoms with Gasteiger partial charge in [0.15, 0.2) is 0 Å². The van der Waals surface area contributed by atoms with Gasteiger partial charge in [-0.2, -0.15) is 0 Å². The minimum atomic E-state index is -1.07. The third-order valence-corrected chi connectivity index (χ3v) is 6.71. The number of aliphatic carboxylic acids is 1. The number of fused-ring (bicyclic) bond motifs is 3. The molecule has 35 heavy (non-hydrogen) atoms. The molecule has 4 rings (SSSR count). The molecule has 2 aliphatic rings. The van der Waals surface area contributed by atoms with E-state index in [2.05, 4.69) is 22.8 Å². The number of carbonyl (C=O) groups is 3. The molecular formula is C27H32N2O6. The molecule has 3 atom stereocenters. The van der Waals surface area contributed by atoms with E-state index >= 15 is 0 Å². The van der Waals surface area contributed by atoms with Crippen LogP contribution in [0.4, 0.5) is 4.79 Å². The molecule has 8 nitrogen and oxygen atoms in total. The van der Waals surface area contributed by atoms with E-state index in [9.17, 15) is 19.5 Å². The van der Waals surface area contributed by atoms with Crippen molar-refractivity contribution in [2.24, 2.45) is 11.8 Å². The van der Waals surface area contributed by atoms with E-state index < -0.39 is 36.0 Å². The Kier molecular flexibility index (Phi) is 7.70. The number of ether oxygens (including phenoxy) is 2. The van der Waals surface area contributed by atoms with Gasteiger partial charge in [-0.25, -0.2) is 9.59 Å². The number of benzene rings is 2. The number of hydrogen-bond acceptors (Lipinski definition) is 5. The minimum absolute atomic E-state index is 0.0654. The van der Waals surface area contributed by atoms with Gasteiger partial charge in [-0.15, -0.1) is 0 Å². The smallest absolute Gasteiger partial charge is 0.407 e. The number of alkyl carbamates (subject to hydrolysis) is 1. The Balaban J connectivity index is 1.34. The molecule has 0 aromatic heterocycles. The molecular weight excluding hydrogens is 448 g/mol. The molecule has 3 N–H and O–H groups in total. The Morgan fingerprint density at radius 2 is 1.63 bits per heavy atom. The van der Waals surface area contributed by atoms with Crippen LogP contribution in [-0.2, 0) is 19.1 Å². The molecule has 2 aromatic rings. The summed E-state index contributed by atoms with van der Waals surface area (Å²) in [5.41, 5.74) is 4.51. The Labute approximate surface area is 205 Å². The van der Waals surface area contributed by atoms with Gasteiger partial charge in [-0.1, -0.05) is 62.4 Å². The van der Waals surface area contributed by atoms with Crippen LogP contribution in [0.1, 0.15) is 43.7 Å². The van der Waals surface area contributed by atoms with Crippen molar-refractivity contribution in [2.45, 2.75) is 44.7 Å². The zero-order chi connectivity index (χ0) is 24.9. The molecule has 1 aliphatic heterocycles. The summed E-state index contributed by atoms with van der Waals surface area (Å²) >= 11 is 0. The van der Waals surface area contributed by atoms with Crippen LogP contribution in [-0.4, -0.2) is 55.0 Å². The molecule has 0 bridgehead atoms. The van der Waals surface area contributed by atoms with Crippen LogP contribution in [0.3, 0.4) is 0 Å². The Morgan fingerprint density at radius 3 is 2.23 bits per heavy atom. The van der Waals surface area contributed by atoms with Crippen LogP contribution in [0.25, 0.3) is 11.1 Å². The molecule has 1 fully saturated rings. The number of amides is 2. The summed E-state index contributed by atoms with van der Waals surface area (Å²) in [6.45, 7) is 4.43. The van der Waals surface area contributed by atoms with Crippen LogP contribution in [0, 0.1) is 11.8 Å². The minimum Gasteiger partial charge on any atom is -0.480 e. The van der Waals surface area contributed by atoms with E-state index in [1.807, 2.05) is 50.2 Å². The van der Waals surface area contributed by atoms with E-state index in [0.717, 1.165) is 22.3 Å². The highest BCUT2D eigenvalue weighted by molar-refractivity contribution is 5.86. The van der Waals surface area contributed by atoms with Gasteiger partial charge in [-0.05, 0) is 41.0 Å². The van der Waals surface area contributed by atoms with Gasteiger partial charge in [0.1, 0.15) is 12.6 Å². The molecule has 1 saturated heterocycles. The Bertz CT molecular complexity index is 1040. The first-order valence-electron chi connectivity index (χ1n) is 12.1. The lowest BCUT2D eigenvalue weighted by atomic mass is 9.98. The van der Waals surface area contributed by atoms with Crippen LogP contribution in [0.15, 0.2) is 48.5 Å². The van der Waals surface area contributed by atoms with Crippen LogP contribution in [0.2, 0.25) is 0 Å². The molecule has 1 heterocycles. The number of carboxylic acids is 1. The quantitative estimate of drug-likeness (QED) is 0.506. The van der Waals surface area contributed by atoms with Crippen molar-refractivity contribution in [3.05, 3.63) is 59.7 Å². The van der Waals surface area contributed by atoms with E-state index in [-0.39, 0.29) is 25.7 Å². The predicted octanol–water partition coefficient (Wildman–Crippen LogP) is 3.55. The molecule has 1 aliphatic carbocycles. The van der Waals surface area contributed by atoms with Crippen molar-refractivity contribution in [1.29, 1.82) is 0 Å². The molecule has 186 valence electrons. The first-order valence-corrected chi connectivity index (χ1v) is 12.1. The third kappa shape index (κ3) is 5.65. The van der Waals surface area contributed by atoms with Crippen molar-refractivity contribution in [2.75, 3.05) is 19.8 Å². The zero-order valence-corrected chi connectivity index (χ0v) is 20.0. The van der Waals surface area contributed by atoms with E-state index in [4.69, 9.17) is 9.47 Å². The average Bonchev–Trinajstić information content (AvgIpc) is 3.42. The van der Waals surface area contributed by atoms with Gasteiger partial charge in [0.05, 0.1) is 25.2 Å². The standard InChI is InChI=1S/C27H32N2O6/c1-16(2)11-12-23(26(31)32)28-25(30)22-13-34-15-24(22)29-27(33)35-14-21-19-9-5-3-7-17(19)18-8-4-6-10-20(18)21/h3-10,16,21-24H,11-15H2,1-2H3,(H,28,30)(H,29,33)(H,31,32). The Morgan fingerprint density at radius 1 is 1.00 bits per heavy atom. The summed E-state index contributed by atoms with van der Waals surface area (Å²) in [5.74, 6) is -1.94. The molecule has 3 unspecified atom stereocenters. The van der Waals surface area contributed by atoms with Crippen molar-refractivity contribution >= 4 is 18.0 Å². The summed E-state index contributed by atoms with van der Waals surface area (Å²) in [6, 6.07) is 14.6. The predicted molar refractivity (Wildman–Crippen MR) is 130 cm³/mol. The second-order valence-electron chi connectivity index (χ2n) is 9.59. The van der Waals surface area contributed by atoms with E-state index in [1.165, 1.54) is 0 Å². The van der Waals surface area contributed by atoms with Gasteiger partial charge in [0, 0.05) is 5.92 Å². The van der Waals surface area contributed by atoms with Crippen molar-refractivity contribution in [3.8, 4) is 11.1 Å². The highest BCUT2D eigenvalue weighted by Crippen LogP contribution is 2.44. The maximum Gasteiger partial charge on any atom is 0.407 e. The van der Waals surface area contributed by atoms with Crippen molar-refractivity contribution in [3.63, 3.8) is 0 Å². The number of rotatable bonds is 9. The van der Waals surface area contributed by atoms with Gasteiger partial charge >= 0.3 is 12.1 Å². The molecule has 0 saturated carbocycles. The van der Waals surface area contributed by atoms with Crippen molar-refractivity contribution in [1.82, 2.24) is 10.6 Å². The van der Waals surface area contributed by atoms with Gasteiger partial charge in [-0.3, -0.25) is 4.79 Å². The summed E-state index contributed by atoms with van der Waals surface area (Å²) in [6.07, 6.45) is 0.395. The van der Waals surface area contributed by atoms with Gasteiger partial charge < -0.3 is 25.2 Å². The largest absolute Gasteiger partial charge is 0.480 e. The maximum atomic E-state index is 12.8. The lowest BCUT2D eigenvalue weighted by Crippen LogP contribution is -2.50. The monoisotopic (exact) mass is 480 g/mol. The second kappa shape index (κ2) is 10.9. The van der Waals surface area contributed by atoms with Gasteiger partial charge in [0.2, 0.25) is 5.91 Å². The van der Waals surface area contributed by atoms with Crippen LogP contribution >= 0.6 is 0 Å². The molecule has 0 spiro atoms. The normalized spacial score (nSPS) is 19.6. The number of carbonyl (C=O) groups excluding carboxylic acids is 2. The Hall–Kier alpha value is -3.39. The van der Waals surface area contributed by atoms with Crippen LogP contribution in [0.5, 0.6) is 0 Å². The third-order valence-electron chi connectivity index (χ3n) is 6.71. The molecule has 2 aromatic carbocycles. The molecule has 0 radical (unpaired) electrons. The summed E-state index contributed by atoms with van der Waals surface area (Å²) in [5, 5.41) is 14.8. The number of nitrogens with one attached hydrogen (secondary N) is 2. The highest BCUT2D eigenvalue weighted by atomic mass is 16.5. The second-order valence-corrected chi connectivity index (χ2v) is 9.59. The van der Waals surface area contributed by atoms with E-state index in [1.54, 1.807) is 0 Å². The number of hydrogen-bond donors (Lipinski definition) is 3. The molecule has 8 heteroatoms.